The number of hydrogen-bond donors (Lipinski definition) is 0. The van der Waals surface area contributed by atoms with E-state index in [1.165, 1.54) is 19.3 Å². The van der Waals surface area contributed by atoms with Gasteiger partial charge in [-0.05, 0) is 0 Å². The first-order valence-corrected chi connectivity index (χ1v) is 6.52. The Morgan fingerprint density at radius 1 is 0.923 bits per heavy atom. The second-order valence-corrected chi connectivity index (χ2v) is 4.83. The first kappa shape index (κ1) is 11.1. The van der Waals surface area contributed by atoms with Crippen LogP contribution in [0.3, 0.4) is 0 Å². The third-order valence-corrected chi connectivity index (χ3v) is 3.95. The molecule has 0 aromatic heterocycles. The van der Waals surface area contributed by atoms with E-state index in [9.17, 15) is 0 Å². The van der Waals surface area contributed by atoms with Crippen molar-refractivity contribution in [3.8, 4) is 0 Å². The van der Waals surface area contributed by atoms with E-state index in [1.807, 2.05) is 0 Å². The van der Waals surface area contributed by atoms with Gasteiger partial charge < -0.3 is 0 Å². The minimum absolute atomic E-state index is 1.17. The van der Waals surface area contributed by atoms with E-state index in [-0.39, 0.29) is 0 Å². The van der Waals surface area contributed by atoms with Crippen LogP contribution in [0.25, 0.3) is 0 Å². The summed E-state index contributed by atoms with van der Waals surface area (Å²) in [5, 5.41) is 0. The molecule has 0 aliphatic rings. The Kier molecular flexibility index (Phi) is 4.30. The van der Waals surface area contributed by atoms with Crippen molar-refractivity contribution in [1.82, 2.24) is 0 Å². The van der Waals surface area contributed by atoms with Crippen LogP contribution in [0, 0.1) is 0 Å². The summed E-state index contributed by atoms with van der Waals surface area (Å²) in [4.78, 5) is 0. The Labute approximate surface area is 94.8 Å². The molecule has 0 atom stereocenters. The molecule has 1 aromatic rings. The fraction of sp³-hybridized carbons (Fsp3) is 0.500. The first-order chi connectivity index (χ1) is 6.24. The predicted octanol–water partition coefficient (Wildman–Crippen LogP) is 2.17. The molecule has 0 fully saturated rings. The van der Waals surface area contributed by atoms with E-state index in [1.54, 1.807) is 42.8 Å². The van der Waals surface area contributed by atoms with E-state index in [4.69, 9.17) is 0 Å². The predicted molar refractivity (Wildman–Crippen MR) is 60.0 cm³/mol. The topological polar surface area (TPSA) is 0 Å². The van der Waals surface area contributed by atoms with E-state index >= 15 is 0 Å². The molecule has 1 rings (SSSR count). The summed E-state index contributed by atoms with van der Waals surface area (Å²) < 4.78 is 1.55. The molecular formula is C12H17Sn. The zero-order valence-electron chi connectivity index (χ0n) is 8.78. The fourth-order valence-corrected chi connectivity index (χ4v) is 3.09. The van der Waals surface area contributed by atoms with Gasteiger partial charge in [-0.2, -0.15) is 0 Å². The first-order valence-electron chi connectivity index (χ1n) is 5.09. The molecule has 0 nitrogen and oxygen atoms in total. The number of rotatable bonds is 3. The van der Waals surface area contributed by atoms with Crippen LogP contribution < -0.4 is 3.58 Å². The summed E-state index contributed by atoms with van der Waals surface area (Å²) in [7, 11) is 0. The summed E-state index contributed by atoms with van der Waals surface area (Å²) >= 11 is 1.55. The molecule has 0 saturated heterocycles. The zero-order valence-corrected chi connectivity index (χ0v) is 11.6. The molecular weight excluding hydrogens is 263 g/mol. The molecule has 1 aromatic carbocycles. The van der Waals surface area contributed by atoms with E-state index < -0.39 is 0 Å². The van der Waals surface area contributed by atoms with Crippen molar-refractivity contribution in [1.29, 1.82) is 0 Å². The Morgan fingerprint density at radius 2 is 1.54 bits per heavy atom. The van der Waals surface area contributed by atoms with Crippen molar-refractivity contribution >= 4 is 26.1 Å². The van der Waals surface area contributed by atoms with Gasteiger partial charge in [0.05, 0.1) is 0 Å². The Bertz CT molecular complexity index is 289. The Hall–Kier alpha value is 0.0187. The molecule has 0 unspecified atom stereocenters. The molecule has 0 saturated carbocycles. The van der Waals surface area contributed by atoms with Crippen LogP contribution in [0.5, 0.6) is 0 Å². The van der Waals surface area contributed by atoms with Crippen molar-refractivity contribution in [3.63, 3.8) is 0 Å². The van der Waals surface area contributed by atoms with Gasteiger partial charge in [0, 0.05) is 0 Å². The summed E-state index contributed by atoms with van der Waals surface area (Å²) in [6, 6.07) is 4.61. The molecule has 3 radical (unpaired) electrons. The molecule has 0 amide bonds. The van der Waals surface area contributed by atoms with E-state index in [0.717, 1.165) is 0 Å². The van der Waals surface area contributed by atoms with Gasteiger partial charge in [-0.3, -0.25) is 0 Å². The van der Waals surface area contributed by atoms with Crippen LogP contribution in [0.2, 0.25) is 0 Å². The van der Waals surface area contributed by atoms with Crippen LogP contribution >= 0.6 is 0 Å². The van der Waals surface area contributed by atoms with Gasteiger partial charge in [-0.1, -0.05) is 0 Å². The molecule has 0 aliphatic carbocycles. The van der Waals surface area contributed by atoms with Crippen LogP contribution in [-0.4, -0.2) is 22.5 Å². The summed E-state index contributed by atoms with van der Waals surface area (Å²) in [5.74, 6) is 0. The normalized spacial score (nSPS) is 10.5. The van der Waals surface area contributed by atoms with Gasteiger partial charge in [0.25, 0.3) is 0 Å². The SMILES string of the molecule is CCc1cc[c]([Sn])c(CC)c1CC. The number of aryl methyl sites for hydroxylation is 1. The van der Waals surface area contributed by atoms with Gasteiger partial charge in [0.15, 0.2) is 0 Å². The van der Waals surface area contributed by atoms with Crippen molar-refractivity contribution in [2.24, 2.45) is 0 Å². The minimum atomic E-state index is 1.17. The maximum atomic E-state index is 2.31. The molecule has 1 heteroatoms. The second-order valence-electron chi connectivity index (χ2n) is 3.29. The average molecular weight is 280 g/mol. The Morgan fingerprint density at radius 3 is 2.00 bits per heavy atom. The molecule has 0 aliphatic heterocycles. The summed E-state index contributed by atoms with van der Waals surface area (Å²) in [6.45, 7) is 6.78. The monoisotopic (exact) mass is 281 g/mol. The van der Waals surface area contributed by atoms with Crippen molar-refractivity contribution < 1.29 is 0 Å². The van der Waals surface area contributed by atoms with Crippen molar-refractivity contribution in [2.45, 2.75) is 40.0 Å². The third-order valence-electron chi connectivity index (χ3n) is 2.62. The number of benzene rings is 1. The zero-order chi connectivity index (χ0) is 9.84. The standard InChI is InChI=1S/C12H17.Sn/c1-4-10-8-7-9-11(5-2)12(10)6-3;/h7-8H,4-6H2,1-3H3;. The molecule has 0 N–H and O–H groups in total. The van der Waals surface area contributed by atoms with E-state index in [0.29, 0.717) is 0 Å². The molecule has 0 heterocycles. The molecule has 13 heavy (non-hydrogen) atoms. The van der Waals surface area contributed by atoms with E-state index in [2.05, 4.69) is 32.9 Å². The fourth-order valence-electron chi connectivity index (χ4n) is 1.92. The van der Waals surface area contributed by atoms with Gasteiger partial charge in [-0.15, -0.1) is 0 Å². The van der Waals surface area contributed by atoms with Crippen molar-refractivity contribution in [2.75, 3.05) is 0 Å². The summed E-state index contributed by atoms with van der Waals surface area (Å²) in [6.07, 6.45) is 3.55. The van der Waals surface area contributed by atoms with Crippen molar-refractivity contribution in [3.05, 3.63) is 28.8 Å². The Balaban J connectivity index is 3.27. The van der Waals surface area contributed by atoms with Crippen LogP contribution in [0.1, 0.15) is 37.5 Å². The third kappa shape index (κ3) is 2.28. The van der Waals surface area contributed by atoms with Gasteiger partial charge in [-0.25, -0.2) is 0 Å². The quantitative estimate of drug-likeness (QED) is 0.744. The number of hydrogen-bond acceptors (Lipinski definition) is 0. The van der Waals surface area contributed by atoms with Gasteiger partial charge >= 0.3 is 95.0 Å². The molecule has 0 bridgehead atoms. The van der Waals surface area contributed by atoms with Gasteiger partial charge in [0.2, 0.25) is 0 Å². The molecule has 0 spiro atoms. The van der Waals surface area contributed by atoms with Crippen LogP contribution in [0.4, 0.5) is 0 Å². The second kappa shape index (κ2) is 5.04. The van der Waals surface area contributed by atoms with Crippen LogP contribution in [-0.2, 0) is 19.3 Å². The van der Waals surface area contributed by atoms with Gasteiger partial charge in [0.1, 0.15) is 0 Å². The molecule has 69 valence electrons. The van der Waals surface area contributed by atoms with Crippen LogP contribution in [0.15, 0.2) is 12.1 Å². The summed E-state index contributed by atoms with van der Waals surface area (Å²) in [5.41, 5.74) is 4.77. The maximum absolute atomic E-state index is 2.31. The average Bonchev–Trinajstić information content (AvgIpc) is 2.17.